The largest absolute Gasteiger partial charge is 0.417 e. The van der Waals surface area contributed by atoms with Crippen LogP contribution in [0.5, 0.6) is 0 Å². The minimum atomic E-state index is -4.51. The molecule has 0 amide bonds. The molecule has 1 N–H and O–H groups in total. The van der Waals surface area contributed by atoms with Crippen LogP contribution in [0.1, 0.15) is 18.4 Å². The van der Waals surface area contributed by atoms with Crippen LogP contribution in [-0.4, -0.2) is 59.1 Å². The van der Waals surface area contributed by atoms with E-state index >= 15 is 0 Å². The van der Waals surface area contributed by atoms with Crippen LogP contribution in [0, 0.1) is 0 Å². The van der Waals surface area contributed by atoms with Crippen molar-refractivity contribution < 1.29 is 17.9 Å². The third kappa shape index (κ3) is 4.54. The van der Waals surface area contributed by atoms with E-state index < -0.39 is 17.3 Å². The summed E-state index contributed by atoms with van der Waals surface area (Å²) < 4.78 is 44.3. The molecule has 0 spiro atoms. The molecule has 158 valence electrons. The molecule has 11 heteroatoms. The van der Waals surface area contributed by atoms with E-state index in [0.29, 0.717) is 31.6 Å². The third-order valence-electron chi connectivity index (χ3n) is 5.19. The molecule has 0 atom stereocenters. The lowest BCUT2D eigenvalue weighted by Crippen LogP contribution is -2.53. The number of rotatable bonds is 5. The molecule has 1 aliphatic heterocycles. The van der Waals surface area contributed by atoms with Gasteiger partial charge in [0, 0.05) is 31.5 Å². The summed E-state index contributed by atoms with van der Waals surface area (Å²) in [7, 11) is 3.97. The number of nitrogens with zero attached hydrogens (tertiary/aromatic N) is 4. The highest BCUT2D eigenvalue weighted by Crippen LogP contribution is 2.29. The van der Waals surface area contributed by atoms with E-state index in [1.54, 1.807) is 0 Å². The highest BCUT2D eigenvalue weighted by Gasteiger charge is 2.35. The maximum absolute atomic E-state index is 12.7. The van der Waals surface area contributed by atoms with E-state index in [0.717, 1.165) is 29.7 Å². The van der Waals surface area contributed by atoms with Crippen LogP contribution in [0.2, 0.25) is 5.02 Å². The molecule has 3 rings (SSSR count). The zero-order valence-corrected chi connectivity index (χ0v) is 16.7. The predicted octanol–water partition coefficient (Wildman–Crippen LogP) is 2.82. The first-order valence-corrected chi connectivity index (χ1v) is 9.32. The number of pyridine rings is 1. The van der Waals surface area contributed by atoms with E-state index in [1.165, 1.54) is 6.20 Å². The number of nitrogens with one attached hydrogen (secondary N) is 1. The second-order valence-corrected chi connectivity index (χ2v) is 7.45. The summed E-state index contributed by atoms with van der Waals surface area (Å²) in [4.78, 5) is 18.4. The van der Waals surface area contributed by atoms with Crippen LogP contribution in [0.25, 0.3) is 5.82 Å². The highest BCUT2D eigenvalue weighted by atomic mass is 35.5. The Labute approximate surface area is 170 Å². The van der Waals surface area contributed by atoms with Crippen molar-refractivity contribution in [1.29, 1.82) is 0 Å². The highest BCUT2D eigenvalue weighted by molar-refractivity contribution is 6.32. The van der Waals surface area contributed by atoms with E-state index in [-0.39, 0.29) is 16.4 Å². The number of halogens is 4. The molecule has 29 heavy (non-hydrogen) atoms. The fourth-order valence-corrected chi connectivity index (χ4v) is 3.39. The Bertz CT molecular complexity index is 909. The van der Waals surface area contributed by atoms with Gasteiger partial charge in [-0.15, -0.1) is 0 Å². The van der Waals surface area contributed by atoms with Gasteiger partial charge in [-0.05, 0) is 39.1 Å². The lowest BCUT2D eigenvalue weighted by molar-refractivity contribution is -0.137. The molecule has 2 aromatic rings. The van der Waals surface area contributed by atoms with Gasteiger partial charge in [-0.2, -0.15) is 23.0 Å². The summed E-state index contributed by atoms with van der Waals surface area (Å²) in [6, 6.07) is 1.91. The summed E-state index contributed by atoms with van der Waals surface area (Å²) >= 11 is 6.21. The average Bonchev–Trinajstić information content (AvgIpc) is 2.69. The number of hydrogen-bond acceptors (Lipinski definition) is 6. The van der Waals surface area contributed by atoms with Crippen molar-refractivity contribution in [3.8, 4) is 5.82 Å². The van der Waals surface area contributed by atoms with Gasteiger partial charge >= 0.3 is 6.18 Å². The van der Waals surface area contributed by atoms with E-state index in [4.69, 9.17) is 16.3 Å². The van der Waals surface area contributed by atoms with Crippen LogP contribution < -0.4 is 10.9 Å². The van der Waals surface area contributed by atoms with Crippen LogP contribution in [0.4, 0.5) is 18.9 Å². The minimum Gasteiger partial charge on any atom is -0.381 e. The molecule has 1 fully saturated rings. The second-order valence-electron chi connectivity index (χ2n) is 7.08. The molecular weight excluding hydrogens is 411 g/mol. The molecule has 0 bridgehead atoms. The van der Waals surface area contributed by atoms with Crippen molar-refractivity contribution in [3.63, 3.8) is 0 Å². The third-order valence-corrected chi connectivity index (χ3v) is 5.56. The first-order valence-electron chi connectivity index (χ1n) is 8.94. The molecule has 1 aliphatic rings. The Morgan fingerprint density at radius 3 is 2.52 bits per heavy atom. The average molecular weight is 432 g/mol. The summed E-state index contributed by atoms with van der Waals surface area (Å²) in [5.41, 5.74) is -1.38. The van der Waals surface area contributed by atoms with Crippen LogP contribution in [0.15, 0.2) is 29.3 Å². The molecule has 1 saturated heterocycles. The maximum Gasteiger partial charge on any atom is 0.417 e. The topological polar surface area (TPSA) is 72.3 Å². The van der Waals surface area contributed by atoms with Crippen LogP contribution in [-0.2, 0) is 10.9 Å². The van der Waals surface area contributed by atoms with Gasteiger partial charge in [0.15, 0.2) is 5.82 Å². The van der Waals surface area contributed by atoms with Gasteiger partial charge in [-0.3, -0.25) is 4.79 Å². The first-order chi connectivity index (χ1) is 13.6. The predicted molar refractivity (Wildman–Crippen MR) is 103 cm³/mol. The zero-order chi connectivity index (χ0) is 21.2. The van der Waals surface area contributed by atoms with Gasteiger partial charge in [-0.1, -0.05) is 11.6 Å². The van der Waals surface area contributed by atoms with Crippen molar-refractivity contribution in [2.45, 2.75) is 24.6 Å². The zero-order valence-electron chi connectivity index (χ0n) is 16.0. The molecule has 0 saturated carbocycles. The van der Waals surface area contributed by atoms with Gasteiger partial charge in [0.25, 0.3) is 5.56 Å². The second kappa shape index (κ2) is 8.29. The van der Waals surface area contributed by atoms with Crippen molar-refractivity contribution in [2.75, 3.05) is 39.2 Å². The Hall–Kier alpha value is -2.17. The van der Waals surface area contributed by atoms with Gasteiger partial charge in [0.05, 0.1) is 17.4 Å². The summed E-state index contributed by atoms with van der Waals surface area (Å²) in [6.45, 7) is 1.83. The van der Waals surface area contributed by atoms with Crippen LogP contribution in [0.3, 0.4) is 0 Å². The van der Waals surface area contributed by atoms with Crippen molar-refractivity contribution in [3.05, 3.63) is 45.5 Å². The molecule has 0 aromatic carbocycles. The lowest BCUT2D eigenvalue weighted by atomic mass is 9.88. The van der Waals surface area contributed by atoms with Crippen molar-refractivity contribution in [2.24, 2.45) is 0 Å². The minimum absolute atomic E-state index is 0.0503. The molecular formula is C18H21ClF3N5O2. The Morgan fingerprint density at radius 2 is 1.97 bits per heavy atom. The van der Waals surface area contributed by atoms with Gasteiger partial charge < -0.3 is 15.0 Å². The summed E-state index contributed by atoms with van der Waals surface area (Å²) in [5, 5.41) is 7.08. The summed E-state index contributed by atoms with van der Waals surface area (Å²) in [5.74, 6) is -0.0503. The Morgan fingerprint density at radius 1 is 1.28 bits per heavy atom. The number of alkyl halides is 3. The lowest BCUT2D eigenvalue weighted by Gasteiger charge is -2.43. The normalized spacial score (nSPS) is 16.8. The molecule has 0 aliphatic carbocycles. The molecule has 7 nitrogen and oxygen atoms in total. The quantitative estimate of drug-likeness (QED) is 0.785. The van der Waals surface area contributed by atoms with E-state index in [2.05, 4.69) is 20.3 Å². The smallest absolute Gasteiger partial charge is 0.381 e. The number of anilines is 1. The molecule has 3 heterocycles. The van der Waals surface area contributed by atoms with Gasteiger partial charge in [0.1, 0.15) is 5.02 Å². The monoisotopic (exact) mass is 431 g/mol. The van der Waals surface area contributed by atoms with Crippen LogP contribution >= 0.6 is 11.6 Å². The molecule has 2 aromatic heterocycles. The van der Waals surface area contributed by atoms with E-state index in [1.807, 2.05) is 14.1 Å². The van der Waals surface area contributed by atoms with Crippen molar-refractivity contribution >= 4 is 17.3 Å². The SMILES string of the molecule is CN(C)C1(CNc2cnn(-c3ccc(C(F)(F)F)cn3)c(=O)c2Cl)CCOCC1. The number of likely N-dealkylation sites (N-methyl/N-ethyl adjacent to an activating group) is 1. The standard InChI is InChI=1S/C18H21ClF3N5O2/c1-26(2)17(5-7-29-8-6-17)11-24-13-10-25-27(16(28)15(13)19)14-4-3-12(9-23-14)18(20,21)22/h3-4,9-10,24H,5-8,11H2,1-2H3. The molecule has 0 unspecified atom stereocenters. The number of aromatic nitrogens is 3. The van der Waals surface area contributed by atoms with Gasteiger partial charge in [-0.25, -0.2) is 4.98 Å². The number of hydrogen-bond donors (Lipinski definition) is 1. The van der Waals surface area contributed by atoms with Gasteiger partial charge in [0.2, 0.25) is 0 Å². The van der Waals surface area contributed by atoms with Crippen molar-refractivity contribution in [1.82, 2.24) is 19.7 Å². The maximum atomic E-state index is 12.7. The number of ether oxygens (including phenoxy) is 1. The fourth-order valence-electron chi connectivity index (χ4n) is 3.19. The van der Waals surface area contributed by atoms with E-state index in [9.17, 15) is 18.0 Å². The summed E-state index contributed by atoms with van der Waals surface area (Å²) in [6.07, 6.45) is -0.849. The first kappa shape index (κ1) is 21.5. The molecule has 0 radical (unpaired) electrons. The fraction of sp³-hybridized carbons (Fsp3) is 0.500. The Kier molecular flexibility index (Phi) is 6.16. The Balaban J connectivity index is 1.82.